The molecule has 1 amide bonds. The number of methoxy groups -OCH3 is 2. The highest BCUT2D eigenvalue weighted by Gasteiger charge is 2.17. The Bertz CT molecular complexity index is 586. The molecule has 146 valence electrons. The summed E-state index contributed by atoms with van der Waals surface area (Å²) in [4.78, 5) is 25.9. The van der Waals surface area contributed by atoms with Crippen LogP contribution in [-0.2, 0) is 20.7 Å². The number of nitrogens with zero attached hydrogens (tertiary/aromatic N) is 1. The van der Waals surface area contributed by atoms with E-state index in [-0.39, 0.29) is 24.2 Å². The van der Waals surface area contributed by atoms with E-state index in [1.807, 2.05) is 32.0 Å². The summed E-state index contributed by atoms with van der Waals surface area (Å²) in [7, 11) is 3.19. The van der Waals surface area contributed by atoms with Crippen LogP contribution in [0.15, 0.2) is 18.2 Å². The standard InChI is InChI=1S/C20H31NO5/c1-6-26-20(23)10-12-21(19(22)13-15(2)3)11-9-16-7-8-17(24-4)18(14-16)25-5/h7-8,14-15H,6,9-13H2,1-5H3. The van der Waals surface area contributed by atoms with Gasteiger partial charge in [0.2, 0.25) is 5.91 Å². The van der Waals surface area contributed by atoms with Crippen molar-refractivity contribution in [2.24, 2.45) is 5.92 Å². The average Bonchev–Trinajstić information content (AvgIpc) is 2.60. The largest absolute Gasteiger partial charge is 0.493 e. The van der Waals surface area contributed by atoms with Crippen molar-refractivity contribution in [2.75, 3.05) is 33.9 Å². The first kappa shape index (κ1) is 21.8. The van der Waals surface area contributed by atoms with Gasteiger partial charge in [-0.2, -0.15) is 0 Å². The number of hydrogen-bond acceptors (Lipinski definition) is 5. The van der Waals surface area contributed by atoms with Crippen LogP contribution in [0.25, 0.3) is 0 Å². The zero-order chi connectivity index (χ0) is 19.5. The van der Waals surface area contributed by atoms with Gasteiger partial charge in [0, 0.05) is 19.5 Å². The highest BCUT2D eigenvalue weighted by atomic mass is 16.5. The van der Waals surface area contributed by atoms with E-state index in [0.29, 0.717) is 44.0 Å². The second-order valence-electron chi connectivity index (χ2n) is 6.47. The van der Waals surface area contributed by atoms with Crippen molar-refractivity contribution >= 4 is 11.9 Å². The fourth-order valence-electron chi connectivity index (χ4n) is 2.60. The molecule has 0 heterocycles. The van der Waals surface area contributed by atoms with E-state index < -0.39 is 0 Å². The summed E-state index contributed by atoms with van der Waals surface area (Å²) < 4.78 is 15.5. The second-order valence-corrected chi connectivity index (χ2v) is 6.47. The number of rotatable bonds is 11. The smallest absolute Gasteiger partial charge is 0.307 e. The van der Waals surface area contributed by atoms with E-state index >= 15 is 0 Å². The summed E-state index contributed by atoms with van der Waals surface area (Å²) in [6.45, 7) is 7.06. The van der Waals surface area contributed by atoms with Gasteiger partial charge < -0.3 is 19.1 Å². The summed E-state index contributed by atoms with van der Waals surface area (Å²) in [6.07, 6.45) is 1.35. The fraction of sp³-hybridized carbons (Fsp3) is 0.600. The predicted molar refractivity (Wildman–Crippen MR) is 101 cm³/mol. The molecule has 6 heteroatoms. The molecular weight excluding hydrogens is 334 g/mol. The molecule has 0 atom stereocenters. The maximum absolute atomic E-state index is 12.5. The van der Waals surface area contributed by atoms with Crippen LogP contribution in [0.4, 0.5) is 0 Å². The van der Waals surface area contributed by atoms with Crippen LogP contribution in [0.3, 0.4) is 0 Å². The first-order chi connectivity index (χ1) is 12.4. The Morgan fingerprint density at radius 1 is 1.08 bits per heavy atom. The maximum atomic E-state index is 12.5. The lowest BCUT2D eigenvalue weighted by atomic mass is 10.1. The van der Waals surface area contributed by atoms with E-state index in [2.05, 4.69) is 0 Å². The molecule has 0 fully saturated rings. The molecular formula is C20H31NO5. The van der Waals surface area contributed by atoms with Crippen LogP contribution in [0, 0.1) is 5.92 Å². The van der Waals surface area contributed by atoms with Crippen molar-refractivity contribution in [1.82, 2.24) is 4.90 Å². The van der Waals surface area contributed by atoms with Crippen LogP contribution in [0.1, 0.15) is 39.2 Å². The summed E-state index contributed by atoms with van der Waals surface area (Å²) in [5.41, 5.74) is 1.04. The summed E-state index contributed by atoms with van der Waals surface area (Å²) in [6, 6.07) is 5.72. The molecule has 0 bridgehead atoms. The van der Waals surface area contributed by atoms with Crippen LogP contribution in [-0.4, -0.2) is 50.7 Å². The minimum atomic E-state index is -0.277. The third kappa shape index (κ3) is 7.33. The molecule has 0 aliphatic rings. The van der Waals surface area contributed by atoms with Crippen molar-refractivity contribution in [3.05, 3.63) is 23.8 Å². The predicted octanol–water partition coefficient (Wildman–Crippen LogP) is 3.07. The first-order valence-corrected chi connectivity index (χ1v) is 9.05. The molecule has 1 rings (SSSR count). The quantitative estimate of drug-likeness (QED) is 0.564. The van der Waals surface area contributed by atoms with Crippen molar-refractivity contribution < 1.29 is 23.8 Å². The van der Waals surface area contributed by atoms with Gasteiger partial charge in [0.15, 0.2) is 11.5 Å². The molecule has 0 radical (unpaired) electrons. The molecule has 0 unspecified atom stereocenters. The van der Waals surface area contributed by atoms with E-state index in [1.165, 1.54) is 0 Å². The zero-order valence-electron chi connectivity index (χ0n) is 16.5. The molecule has 1 aromatic rings. The van der Waals surface area contributed by atoms with Gasteiger partial charge >= 0.3 is 5.97 Å². The van der Waals surface area contributed by atoms with Gasteiger partial charge in [-0.1, -0.05) is 19.9 Å². The minimum Gasteiger partial charge on any atom is -0.493 e. The molecule has 1 aromatic carbocycles. The molecule has 0 saturated carbocycles. The Morgan fingerprint density at radius 3 is 2.35 bits per heavy atom. The third-order valence-corrected chi connectivity index (χ3v) is 3.95. The van der Waals surface area contributed by atoms with Crippen LogP contribution < -0.4 is 9.47 Å². The molecule has 0 saturated heterocycles. The van der Waals surface area contributed by atoms with E-state index in [0.717, 1.165) is 5.56 Å². The lowest BCUT2D eigenvalue weighted by Crippen LogP contribution is -2.35. The number of hydrogen-bond donors (Lipinski definition) is 0. The highest BCUT2D eigenvalue weighted by molar-refractivity contribution is 5.77. The first-order valence-electron chi connectivity index (χ1n) is 9.05. The molecule has 0 aromatic heterocycles. The molecule has 26 heavy (non-hydrogen) atoms. The zero-order valence-corrected chi connectivity index (χ0v) is 16.5. The number of amides is 1. The Hall–Kier alpha value is -2.24. The third-order valence-electron chi connectivity index (χ3n) is 3.95. The van der Waals surface area contributed by atoms with E-state index in [9.17, 15) is 9.59 Å². The number of esters is 1. The van der Waals surface area contributed by atoms with Gasteiger partial charge in [0.1, 0.15) is 0 Å². The molecule has 0 N–H and O–H groups in total. The minimum absolute atomic E-state index is 0.0600. The number of benzene rings is 1. The van der Waals surface area contributed by atoms with Crippen molar-refractivity contribution in [1.29, 1.82) is 0 Å². The van der Waals surface area contributed by atoms with Crippen LogP contribution in [0.2, 0.25) is 0 Å². The summed E-state index contributed by atoms with van der Waals surface area (Å²) >= 11 is 0. The Morgan fingerprint density at radius 2 is 1.77 bits per heavy atom. The Balaban J connectivity index is 2.75. The molecule has 0 aliphatic carbocycles. The normalized spacial score (nSPS) is 10.5. The molecule has 0 aliphatic heterocycles. The number of ether oxygens (including phenoxy) is 3. The summed E-state index contributed by atoms with van der Waals surface area (Å²) in [5, 5.41) is 0. The van der Waals surface area contributed by atoms with Gasteiger partial charge in [-0.05, 0) is 37.0 Å². The Labute approximate surface area is 156 Å². The van der Waals surface area contributed by atoms with Crippen molar-refractivity contribution in [3.8, 4) is 11.5 Å². The summed E-state index contributed by atoms with van der Waals surface area (Å²) in [5.74, 6) is 1.39. The number of carbonyl (C=O) groups is 2. The topological polar surface area (TPSA) is 65.1 Å². The molecule has 6 nitrogen and oxygen atoms in total. The SMILES string of the molecule is CCOC(=O)CCN(CCc1ccc(OC)c(OC)c1)C(=O)CC(C)C. The van der Waals surface area contributed by atoms with Crippen molar-refractivity contribution in [3.63, 3.8) is 0 Å². The second kappa shape index (κ2) is 11.4. The van der Waals surface area contributed by atoms with Crippen LogP contribution >= 0.6 is 0 Å². The lowest BCUT2D eigenvalue weighted by molar-refractivity contribution is -0.144. The highest BCUT2D eigenvalue weighted by Crippen LogP contribution is 2.27. The van der Waals surface area contributed by atoms with E-state index in [1.54, 1.807) is 26.0 Å². The van der Waals surface area contributed by atoms with Gasteiger partial charge in [0.05, 0.1) is 27.2 Å². The number of carbonyl (C=O) groups excluding carboxylic acids is 2. The van der Waals surface area contributed by atoms with E-state index in [4.69, 9.17) is 14.2 Å². The lowest BCUT2D eigenvalue weighted by Gasteiger charge is -2.23. The van der Waals surface area contributed by atoms with Gasteiger partial charge in [-0.15, -0.1) is 0 Å². The van der Waals surface area contributed by atoms with Crippen molar-refractivity contribution in [2.45, 2.75) is 40.0 Å². The Kier molecular flexibility index (Phi) is 9.55. The monoisotopic (exact) mass is 365 g/mol. The van der Waals surface area contributed by atoms with Gasteiger partial charge in [-0.3, -0.25) is 9.59 Å². The fourth-order valence-corrected chi connectivity index (χ4v) is 2.60. The molecule has 0 spiro atoms. The average molecular weight is 365 g/mol. The van der Waals surface area contributed by atoms with Crippen LogP contribution in [0.5, 0.6) is 11.5 Å². The van der Waals surface area contributed by atoms with Gasteiger partial charge in [0.25, 0.3) is 0 Å². The van der Waals surface area contributed by atoms with Gasteiger partial charge in [-0.25, -0.2) is 0 Å². The maximum Gasteiger partial charge on any atom is 0.307 e.